The topological polar surface area (TPSA) is 105 Å². The Hall–Kier alpha value is -3.81. The summed E-state index contributed by atoms with van der Waals surface area (Å²) in [5.41, 5.74) is 1.67. The van der Waals surface area contributed by atoms with Crippen LogP contribution in [0.4, 0.5) is 11.4 Å². The minimum absolute atomic E-state index is 0.00693. The van der Waals surface area contributed by atoms with E-state index in [0.717, 1.165) is 0 Å². The van der Waals surface area contributed by atoms with E-state index in [9.17, 15) is 14.9 Å². The highest BCUT2D eigenvalue weighted by atomic mass is 16.6. The van der Waals surface area contributed by atoms with E-state index in [4.69, 9.17) is 0 Å². The molecule has 2 heterocycles. The molecule has 0 aliphatic rings. The molecule has 0 radical (unpaired) electrons. The molecule has 0 amide bonds. The van der Waals surface area contributed by atoms with Gasteiger partial charge in [0, 0.05) is 19.3 Å². The lowest BCUT2D eigenvalue weighted by Gasteiger charge is -2.20. The van der Waals surface area contributed by atoms with E-state index in [0.29, 0.717) is 39.9 Å². The van der Waals surface area contributed by atoms with Gasteiger partial charge in [0.15, 0.2) is 0 Å². The summed E-state index contributed by atoms with van der Waals surface area (Å²) < 4.78 is 0. The maximum absolute atomic E-state index is 12.2. The molecule has 0 fully saturated rings. The number of anilines is 1. The van der Waals surface area contributed by atoms with Gasteiger partial charge in [0.1, 0.15) is 11.3 Å². The maximum Gasteiger partial charge on any atom is 0.278 e. The van der Waals surface area contributed by atoms with Crippen LogP contribution >= 0.6 is 0 Å². The molecule has 8 nitrogen and oxygen atoms in total. The lowest BCUT2D eigenvalue weighted by molar-refractivity contribution is -0.383. The Balaban J connectivity index is 1.76. The van der Waals surface area contributed by atoms with Crippen LogP contribution in [0.25, 0.3) is 21.8 Å². The number of non-ortho nitro benzene ring substituents is 1. The SMILES string of the molecule is CN(Cc1nc2ccccc2c(=O)[nH]1)c1ccc([N+](=O)[O-])c2cccnc12. The van der Waals surface area contributed by atoms with Gasteiger partial charge >= 0.3 is 0 Å². The van der Waals surface area contributed by atoms with Crippen LogP contribution in [0, 0.1) is 10.1 Å². The second-order valence-corrected chi connectivity index (χ2v) is 6.15. The number of nitro groups is 1. The Labute approximate surface area is 153 Å². The third-order valence-corrected chi connectivity index (χ3v) is 4.38. The summed E-state index contributed by atoms with van der Waals surface area (Å²) in [5, 5.41) is 12.3. The minimum Gasteiger partial charge on any atom is -0.365 e. The Morgan fingerprint density at radius 2 is 1.89 bits per heavy atom. The van der Waals surface area contributed by atoms with Crippen molar-refractivity contribution >= 4 is 33.2 Å². The average molecular weight is 361 g/mol. The van der Waals surface area contributed by atoms with Gasteiger partial charge < -0.3 is 9.88 Å². The summed E-state index contributed by atoms with van der Waals surface area (Å²) in [6, 6.07) is 13.6. The van der Waals surface area contributed by atoms with E-state index < -0.39 is 4.92 Å². The molecule has 0 saturated heterocycles. The molecule has 27 heavy (non-hydrogen) atoms. The number of aromatic amines is 1. The fourth-order valence-corrected chi connectivity index (χ4v) is 3.13. The molecule has 0 spiro atoms. The van der Waals surface area contributed by atoms with Gasteiger partial charge in [0.25, 0.3) is 11.2 Å². The van der Waals surface area contributed by atoms with E-state index in [1.54, 1.807) is 42.6 Å². The quantitative estimate of drug-likeness (QED) is 0.442. The summed E-state index contributed by atoms with van der Waals surface area (Å²) in [5.74, 6) is 0.503. The molecule has 4 rings (SSSR count). The molecule has 2 aromatic heterocycles. The molecule has 0 unspecified atom stereocenters. The molecule has 0 saturated carbocycles. The normalized spacial score (nSPS) is 11.0. The number of pyridine rings is 1. The zero-order valence-corrected chi connectivity index (χ0v) is 14.4. The molecule has 0 aliphatic carbocycles. The first-order valence-electron chi connectivity index (χ1n) is 8.26. The number of nitrogens with zero attached hydrogens (tertiary/aromatic N) is 4. The first-order valence-corrected chi connectivity index (χ1v) is 8.26. The number of hydrogen-bond donors (Lipinski definition) is 1. The van der Waals surface area contributed by atoms with Gasteiger partial charge in [-0.3, -0.25) is 19.9 Å². The minimum atomic E-state index is -0.420. The Morgan fingerprint density at radius 1 is 1.11 bits per heavy atom. The number of benzene rings is 2. The number of nitro benzene ring substituents is 1. The summed E-state index contributed by atoms with van der Waals surface area (Å²) in [4.78, 5) is 36.6. The van der Waals surface area contributed by atoms with Crippen molar-refractivity contribution in [2.24, 2.45) is 0 Å². The van der Waals surface area contributed by atoms with Crippen molar-refractivity contribution in [2.75, 3.05) is 11.9 Å². The van der Waals surface area contributed by atoms with Crippen LogP contribution in [0.3, 0.4) is 0 Å². The zero-order valence-electron chi connectivity index (χ0n) is 14.4. The third kappa shape index (κ3) is 2.97. The van der Waals surface area contributed by atoms with Crippen molar-refractivity contribution in [3.8, 4) is 0 Å². The van der Waals surface area contributed by atoms with Gasteiger partial charge in [-0.05, 0) is 30.3 Å². The number of rotatable bonds is 4. The predicted octanol–water partition coefficient (Wildman–Crippen LogP) is 3.02. The number of aromatic nitrogens is 3. The number of hydrogen-bond acceptors (Lipinski definition) is 6. The Bertz CT molecular complexity index is 1230. The average Bonchev–Trinajstić information content (AvgIpc) is 2.67. The predicted molar refractivity (Wildman–Crippen MR) is 103 cm³/mol. The molecule has 0 atom stereocenters. The molecular formula is C19H15N5O3. The van der Waals surface area contributed by atoms with Gasteiger partial charge in [-0.1, -0.05) is 12.1 Å². The molecule has 0 aliphatic heterocycles. The van der Waals surface area contributed by atoms with Crippen molar-refractivity contribution in [3.63, 3.8) is 0 Å². The van der Waals surface area contributed by atoms with Crippen molar-refractivity contribution in [1.29, 1.82) is 0 Å². The molecule has 4 aromatic rings. The Morgan fingerprint density at radius 3 is 2.70 bits per heavy atom. The highest BCUT2D eigenvalue weighted by molar-refractivity contribution is 5.97. The number of nitrogens with one attached hydrogen (secondary N) is 1. The van der Waals surface area contributed by atoms with Crippen molar-refractivity contribution < 1.29 is 4.92 Å². The largest absolute Gasteiger partial charge is 0.365 e. The molecular weight excluding hydrogens is 346 g/mol. The fourth-order valence-electron chi connectivity index (χ4n) is 3.13. The van der Waals surface area contributed by atoms with Gasteiger partial charge in [-0.2, -0.15) is 0 Å². The van der Waals surface area contributed by atoms with E-state index in [1.807, 2.05) is 18.0 Å². The first kappa shape index (κ1) is 16.6. The van der Waals surface area contributed by atoms with E-state index in [-0.39, 0.29) is 11.2 Å². The number of para-hydroxylation sites is 1. The molecule has 8 heteroatoms. The van der Waals surface area contributed by atoms with Crippen LogP contribution in [0.2, 0.25) is 0 Å². The standard InChI is InChI=1S/C19H15N5O3/c1-23(11-17-21-14-7-3-2-5-12(14)19(25)22-17)16-9-8-15(24(26)27)13-6-4-10-20-18(13)16/h2-10H,11H2,1H3,(H,21,22,25). The van der Waals surface area contributed by atoms with Crippen LogP contribution in [0.5, 0.6) is 0 Å². The maximum atomic E-state index is 12.2. The highest BCUT2D eigenvalue weighted by Crippen LogP contribution is 2.31. The van der Waals surface area contributed by atoms with Gasteiger partial charge in [-0.25, -0.2) is 4.98 Å². The van der Waals surface area contributed by atoms with Crippen LogP contribution in [0.15, 0.2) is 59.5 Å². The summed E-state index contributed by atoms with van der Waals surface area (Å²) in [6.07, 6.45) is 1.60. The number of fused-ring (bicyclic) bond motifs is 2. The van der Waals surface area contributed by atoms with E-state index >= 15 is 0 Å². The monoisotopic (exact) mass is 361 g/mol. The number of H-pyrrole nitrogens is 1. The van der Waals surface area contributed by atoms with Crippen molar-refractivity contribution in [3.05, 3.63) is 81.0 Å². The van der Waals surface area contributed by atoms with Crippen molar-refractivity contribution in [2.45, 2.75) is 6.54 Å². The van der Waals surface area contributed by atoms with E-state index in [2.05, 4.69) is 15.0 Å². The lowest BCUT2D eigenvalue weighted by atomic mass is 10.1. The highest BCUT2D eigenvalue weighted by Gasteiger charge is 2.17. The van der Waals surface area contributed by atoms with Crippen LogP contribution in [0.1, 0.15) is 5.82 Å². The van der Waals surface area contributed by atoms with Crippen LogP contribution in [-0.2, 0) is 6.54 Å². The van der Waals surface area contributed by atoms with Gasteiger partial charge in [0.05, 0.1) is 33.4 Å². The molecule has 2 aromatic carbocycles. The summed E-state index contributed by atoms with van der Waals surface area (Å²) in [6.45, 7) is 0.323. The smallest absolute Gasteiger partial charge is 0.278 e. The third-order valence-electron chi connectivity index (χ3n) is 4.38. The van der Waals surface area contributed by atoms with Gasteiger partial charge in [-0.15, -0.1) is 0 Å². The van der Waals surface area contributed by atoms with Crippen molar-refractivity contribution in [1.82, 2.24) is 15.0 Å². The van der Waals surface area contributed by atoms with Gasteiger partial charge in [0.2, 0.25) is 0 Å². The first-order chi connectivity index (χ1) is 13.0. The second kappa shape index (κ2) is 6.49. The summed E-state index contributed by atoms with van der Waals surface area (Å²) in [7, 11) is 1.82. The molecule has 0 bridgehead atoms. The van der Waals surface area contributed by atoms with Crippen LogP contribution in [-0.4, -0.2) is 26.9 Å². The molecule has 134 valence electrons. The summed E-state index contributed by atoms with van der Waals surface area (Å²) >= 11 is 0. The van der Waals surface area contributed by atoms with Crippen LogP contribution < -0.4 is 10.5 Å². The zero-order chi connectivity index (χ0) is 19.0. The molecule has 1 N–H and O–H groups in total. The Kier molecular flexibility index (Phi) is 4.00. The lowest BCUT2D eigenvalue weighted by Crippen LogP contribution is -2.22. The second-order valence-electron chi connectivity index (χ2n) is 6.15. The fraction of sp³-hybridized carbons (Fsp3) is 0.105. The van der Waals surface area contributed by atoms with E-state index in [1.165, 1.54) is 6.07 Å².